The fourth-order valence-corrected chi connectivity index (χ4v) is 2.73. The van der Waals surface area contributed by atoms with Crippen LogP contribution in [0.4, 0.5) is 0 Å². The van der Waals surface area contributed by atoms with Crippen LogP contribution in [-0.2, 0) is 6.54 Å². The second kappa shape index (κ2) is 4.77. The summed E-state index contributed by atoms with van der Waals surface area (Å²) >= 11 is 6.04. The molecule has 2 heteroatoms. The van der Waals surface area contributed by atoms with Crippen LogP contribution < -0.4 is 5.32 Å². The van der Waals surface area contributed by atoms with E-state index in [1.165, 1.54) is 36.0 Å². The molecule has 0 amide bonds. The third-order valence-electron chi connectivity index (χ3n) is 3.85. The molecule has 1 aliphatic rings. The highest BCUT2D eigenvalue weighted by Gasteiger charge is 2.35. The second-order valence-corrected chi connectivity index (χ2v) is 5.26. The van der Waals surface area contributed by atoms with Gasteiger partial charge < -0.3 is 5.32 Å². The van der Waals surface area contributed by atoms with Crippen LogP contribution in [0.15, 0.2) is 18.2 Å². The molecule has 88 valence electrons. The van der Waals surface area contributed by atoms with Crippen LogP contribution in [0.5, 0.6) is 0 Å². The Balaban J connectivity index is 2.04. The molecule has 1 aromatic rings. The van der Waals surface area contributed by atoms with Gasteiger partial charge in [-0.1, -0.05) is 18.2 Å². The fourth-order valence-electron chi connectivity index (χ4n) is 2.36. The van der Waals surface area contributed by atoms with Crippen LogP contribution in [-0.4, -0.2) is 11.4 Å². The van der Waals surface area contributed by atoms with E-state index >= 15 is 0 Å². The van der Waals surface area contributed by atoms with Gasteiger partial charge in [0.1, 0.15) is 0 Å². The van der Waals surface area contributed by atoms with Crippen LogP contribution in [0.1, 0.15) is 36.0 Å². The van der Waals surface area contributed by atoms with E-state index in [1.54, 1.807) is 0 Å². The zero-order chi connectivity index (χ0) is 11.6. The van der Waals surface area contributed by atoms with Crippen LogP contribution in [0.2, 0.25) is 0 Å². The second-order valence-electron chi connectivity index (χ2n) is 4.99. The predicted molar refractivity (Wildman–Crippen MR) is 70.1 cm³/mol. The van der Waals surface area contributed by atoms with Crippen molar-refractivity contribution < 1.29 is 0 Å². The van der Waals surface area contributed by atoms with E-state index in [0.29, 0.717) is 0 Å². The number of halogens is 1. The van der Waals surface area contributed by atoms with Crippen molar-refractivity contribution >= 4 is 11.6 Å². The molecule has 1 aromatic carbocycles. The Kier molecular flexibility index (Phi) is 3.56. The van der Waals surface area contributed by atoms with E-state index in [2.05, 4.69) is 37.4 Å². The van der Waals surface area contributed by atoms with E-state index in [0.717, 1.165) is 12.4 Å². The van der Waals surface area contributed by atoms with E-state index in [-0.39, 0.29) is 5.54 Å². The van der Waals surface area contributed by atoms with Crippen molar-refractivity contribution in [3.63, 3.8) is 0 Å². The highest BCUT2D eigenvalue weighted by atomic mass is 35.5. The smallest absolute Gasteiger partial charge is 0.0406 e. The van der Waals surface area contributed by atoms with Gasteiger partial charge in [0.15, 0.2) is 0 Å². The summed E-state index contributed by atoms with van der Waals surface area (Å²) in [5.41, 5.74) is 4.39. The van der Waals surface area contributed by atoms with E-state index in [4.69, 9.17) is 11.6 Å². The molecule has 1 N–H and O–H groups in total. The lowest BCUT2D eigenvalue weighted by Gasteiger charge is -2.41. The summed E-state index contributed by atoms with van der Waals surface area (Å²) in [7, 11) is 0. The van der Waals surface area contributed by atoms with Crippen molar-refractivity contribution in [2.45, 2.75) is 45.2 Å². The summed E-state index contributed by atoms with van der Waals surface area (Å²) in [4.78, 5) is 0. The van der Waals surface area contributed by atoms with Gasteiger partial charge in [0.05, 0.1) is 0 Å². The molecule has 0 aromatic heterocycles. The third-order valence-corrected chi connectivity index (χ3v) is 4.36. The average molecular weight is 238 g/mol. The number of aryl methyl sites for hydroxylation is 2. The Morgan fingerprint density at radius 3 is 2.31 bits per heavy atom. The maximum absolute atomic E-state index is 6.04. The maximum Gasteiger partial charge on any atom is 0.0406 e. The molecular formula is C14H20ClN. The van der Waals surface area contributed by atoms with Gasteiger partial charge in [0.25, 0.3) is 0 Å². The van der Waals surface area contributed by atoms with Gasteiger partial charge in [0, 0.05) is 18.0 Å². The first kappa shape index (κ1) is 11.9. The lowest BCUT2D eigenvalue weighted by atomic mass is 9.78. The fraction of sp³-hybridized carbons (Fsp3) is 0.571. The van der Waals surface area contributed by atoms with Gasteiger partial charge in [-0.25, -0.2) is 0 Å². The van der Waals surface area contributed by atoms with Crippen LogP contribution in [0, 0.1) is 13.8 Å². The Hall–Kier alpha value is -0.530. The van der Waals surface area contributed by atoms with Crippen molar-refractivity contribution in [1.29, 1.82) is 0 Å². The molecule has 2 rings (SSSR count). The monoisotopic (exact) mass is 237 g/mol. The molecule has 0 atom stereocenters. The average Bonchev–Trinajstić information content (AvgIpc) is 2.20. The zero-order valence-corrected chi connectivity index (χ0v) is 10.9. The topological polar surface area (TPSA) is 12.0 Å². The summed E-state index contributed by atoms with van der Waals surface area (Å²) in [6.07, 6.45) is 3.76. The lowest BCUT2D eigenvalue weighted by Crippen LogP contribution is -2.52. The van der Waals surface area contributed by atoms with Gasteiger partial charge in [-0.05, 0) is 49.8 Å². The Labute approximate surface area is 103 Å². The molecular weight excluding hydrogens is 218 g/mol. The minimum Gasteiger partial charge on any atom is -0.306 e. The van der Waals surface area contributed by atoms with Gasteiger partial charge in [-0.2, -0.15) is 0 Å². The molecule has 0 saturated heterocycles. The van der Waals surface area contributed by atoms with E-state index < -0.39 is 0 Å². The van der Waals surface area contributed by atoms with Crippen molar-refractivity contribution in [3.8, 4) is 0 Å². The summed E-state index contributed by atoms with van der Waals surface area (Å²) < 4.78 is 0. The predicted octanol–water partition coefficient (Wildman–Crippen LogP) is 3.55. The highest BCUT2D eigenvalue weighted by molar-refractivity contribution is 6.18. The first-order valence-electron chi connectivity index (χ1n) is 6.03. The molecule has 16 heavy (non-hydrogen) atoms. The van der Waals surface area contributed by atoms with Gasteiger partial charge in [-0.3, -0.25) is 0 Å². The van der Waals surface area contributed by atoms with Gasteiger partial charge >= 0.3 is 0 Å². The third kappa shape index (κ3) is 2.26. The van der Waals surface area contributed by atoms with Crippen molar-refractivity contribution in [2.24, 2.45) is 0 Å². The zero-order valence-electron chi connectivity index (χ0n) is 10.1. The normalized spacial score (nSPS) is 18.2. The highest BCUT2D eigenvalue weighted by Crippen LogP contribution is 2.33. The quantitative estimate of drug-likeness (QED) is 0.790. The minimum absolute atomic E-state index is 0.219. The van der Waals surface area contributed by atoms with Gasteiger partial charge in [-0.15, -0.1) is 11.6 Å². The van der Waals surface area contributed by atoms with Crippen molar-refractivity contribution in [3.05, 3.63) is 34.9 Å². The number of hydrogen-bond donors (Lipinski definition) is 1. The Bertz CT molecular complexity index is 343. The van der Waals surface area contributed by atoms with Crippen LogP contribution >= 0.6 is 11.6 Å². The molecule has 0 unspecified atom stereocenters. The standard InChI is InChI=1S/C14H20ClN/c1-11-5-3-6-12(2)13(11)9-16-14(10-15)7-4-8-14/h3,5-6,16H,4,7-10H2,1-2H3. The largest absolute Gasteiger partial charge is 0.306 e. The van der Waals surface area contributed by atoms with Crippen LogP contribution in [0.25, 0.3) is 0 Å². The molecule has 1 saturated carbocycles. The number of benzene rings is 1. The number of rotatable bonds is 4. The molecule has 1 nitrogen and oxygen atoms in total. The summed E-state index contributed by atoms with van der Waals surface area (Å²) in [6, 6.07) is 6.48. The van der Waals surface area contributed by atoms with E-state index in [9.17, 15) is 0 Å². The Morgan fingerprint density at radius 2 is 1.88 bits per heavy atom. The number of hydrogen-bond acceptors (Lipinski definition) is 1. The van der Waals surface area contributed by atoms with Crippen LogP contribution in [0.3, 0.4) is 0 Å². The number of alkyl halides is 1. The molecule has 1 aliphatic carbocycles. The van der Waals surface area contributed by atoms with Crippen molar-refractivity contribution in [1.82, 2.24) is 5.32 Å². The minimum atomic E-state index is 0.219. The Morgan fingerprint density at radius 1 is 1.25 bits per heavy atom. The summed E-state index contributed by atoms with van der Waals surface area (Å²) in [6.45, 7) is 5.31. The van der Waals surface area contributed by atoms with Crippen molar-refractivity contribution in [2.75, 3.05) is 5.88 Å². The SMILES string of the molecule is Cc1cccc(C)c1CNC1(CCl)CCC1. The first-order chi connectivity index (χ1) is 7.67. The first-order valence-corrected chi connectivity index (χ1v) is 6.56. The summed E-state index contributed by atoms with van der Waals surface area (Å²) in [5.74, 6) is 0.734. The maximum atomic E-state index is 6.04. The molecule has 0 heterocycles. The molecule has 0 spiro atoms. The molecule has 0 aliphatic heterocycles. The molecule has 1 fully saturated rings. The summed E-state index contributed by atoms with van der Waals surface area (Å²) in [5, 5.41) is 3.65. The number of nitrogens with one attached hydrogen (secondary N) is 1. The van der Waals surface area contributed by atoms with E-state index in [1.807, 2.05) is 0 Å². The molecule has 0 bridgehead atoms. The molecule has 0 radical (unpaired) electrons. The lowest BCUT2D eigenvalue weighted by molar-refractivity contribution is 0.211. The van der Waals surface area contributed by atoms with Gasteiger partial charge in [0.2, 0.25) is 0 Å².